The van der Waals surface area contributed by atoms with Gasteiger partial charge < -0.3 is 0 Å². The maximum atomic E-state index is 14.0. The van der Waals surface area contributed by atoms with Crippen molar-refractivity contribution in [3.05, 3.63) is 77.3 Å². The number of alkyl halides is 3. The molecule has 4 rings (SSSR count). The van der Waals surface area contributed by atoms with Crippen molar-refractivity contribution in [3.63, 3.8) is 0 Å². The fourth-order valence-corrected chi connectivity index (χ4v) is 4.70. The molecular weight excluding hydrogens is 447 g/mol. The van der Waals surface area contributed by atoms with E-state index in [9.17, 15) is 21.6 Å². The number of halogens is 3. The first-order chi connectivity index (χ1) is 14.6. The Morgan fingerprint density at radius 2 is 1.68 bits per heavy atom. The van der Waals surface area contributed by atoms with E-state index in [2.05, 4.69) is 5.10 Å². The second-order valence-electron chi connectivity index (χ2n) is 6.88. The largest absolute Gasteiger partial charge is 0.435 e. The van der Waals surface area contributed by atoms with Crippen molar-refractivity contribution in [1.82, 2.24) is 9.78 Å². The first-order valence-electron chi connectivity index (χ1n) is 9.00. The van der Waals surface area contributed by atoms with Gasteiger partial charge in [0.15, 0.2) is 5.69 Å². The number of sulfonamides is 1. The minimum atomic E-state index is -4.69. The van der Waals surface area contributed by atoms with E-state index in [0.717, 1.165) is 5.56 Å². The first kappa shape index (κ1) is 21.3. The second kappa shape index (κ2) is 7.63. The third-order valence-electron chi connectivity index (χ3n) is 4.59. The van der Waals surface area contributed by atoms with Crippen LogP contribution < -0.4 is 5.14 Å². The lowest BCUT2D eigenvalue weighted by atomic mass is 10.0. The number of nitrogens with zero attached hydrogens (tertiary/aromatic N) is 2. The van der Waals surface area contributed by atoms with E-state index in [0.29, 0.717) is 16.1 Å². The fourth-order valence-electron chi connectivity index (χ4n) is 3.24. The van der Waals surface area contributed by atoms with E-state index >= 15 is 0 Å². The van der Waals surface area contributed by atoms with E-state index in [1.807, 2.05) is 0 Å². The van der Waals surface area contributed by atoms with Crippen molar-refractivity contribution in [2.75, 3.05) is 0 Å². The first-order valence-corrected chi connectivity index (χ1v) is 11.4. The molecule has 5 nitrogen and oxygen atoms in total. The molecule has 0 spiro atoms. The molecule has 0 saturated heterocycles. The zero-order valence-electron chi connectivity index (χ0n) is 16.1. The summed E-state index contributed by atoms with van der Waals surface area (Å²) in [5.74, 6) is 0. The monoisotopic (exact) mass is 463 g/mol. The normalized spacial score (nSPS) is 12.3. The smallest absolute Gasteiger partial charge is 0.232 e. The summed E-state index contributed by atoms with van der Waals surface area (Å²) in [7, 11) is -3.94. The molecule has 31 heavy (non-hydrogen) atoms. The summed E-state index contributed by atoms with van der Waals surface area (Å²) in [5.41, 5.74) is 0.789. The van der Waals surface area contributed by atoms with Crippen LogP contribution in [0.3, 0.4) is 0 Å². The summed E-state index contributed by atoms with van der Waals surface area (Å²) in [4.78, 5) is 0.282. The van der Waals surface area contributed by atoms with Crippen LogP contribution in [0.1, 0.15) is 11.3 Å². The number of aromatic nitrogens is 2. The van der Waals surface area contributed by atoms with Gasteiger partial charge in [-0.25, -0.2) is 18.2 Å². The lowest BCUT2D eigenvalue weighted by Gasteiger charge is -2.10. The van der Waals surface area contributed by atoms with Crippen molar-refractivity contribution >= 4 is 21.4 Å². The van der Waals surface area contributed by atoms with Crippen molar-refractivity contribution in [1.29, 1.82) is 0 Å². The molecule has 4 aromatic rings. The minimum Gasteiger partial charge on any atom is -0.232 e. The molecular formula is C21H16F3N3O2S2. The number of benzene rings is 2. The van der Waals surface area contributed by atoms with Crippen molar-refractivity contribution < 1.29 is 21.6 Å². The van der Waals surface area contributed by atoms with Gasteiger partial charge in [0, 0.05) is 10.4 Å². The molecule has 0 radical (unpaired) electrons. The molecule has 0 fully saturated rings. The fraction of sp³-hybridized carbons (Fsp3) is 0.0952. The average molecular weight is 464 g/mol. The van der Waals surface area contributed by atoms with E-state index in [4.69, 9.17) is 5.14 Å². The zero-order chi connectivity index (χ0) is 22.4. The summed E-state index contributed by atoms with van der Waals surface area (Å²) < 4.78 is 66.5. The molecule has 2 aromatic heterocycles. The maximum Gasteiger partial charge on any atom is 0.435 e. The van der Waals surface area contributed by atoms with E-state index < -0.39 is 21.9 Å². The number of hydrogen-bond acceptors (Lipinski definition) is 4. The van der Waals surface area contributed by atoms with Crippen molar-refractivity contribution in [2.24, 2.45) is 5.14 Å². The highest BCUT2D eigenvalue weighted by Crippen LogP contribution is 2.45. The van der Waals surface area contributed by atoms with Crippen LogP contribution in [0.4, 0.5) is 13.2 Å². The average Bonchev–Trinajstić information content (AvgIpc) is 3.31. The van der Waals surface area contributed by atoms with Gasteiger partial charge in [0.2, 0.25) is 10.0 Å². The summed E-state index contributed by atoms with van der Waals surface area (Å²) in [6.07, 6.45) is -4.69. The molecule has 0 aliphatic carbocycles. The number of aryl methyl sites for hydroxylation is 1. The van der Waals surface area contributed by atoms with Gasteiger partial charge in [-0.1, -0.05) is 30.3 Å². The number of rotatable bonds is 4. The molecule has 0 unspecified atom stereocenters. The Hall–Kier alpha value is -2.95. The van der Waals surface area contributed by atoms with Crippen molar-refractivity contribution in [3.8, 4) is 27.4 Å². The SMILES string of the molecule is Cc1csc(-c2c(C(F)(F)F)nn(-c3ccccc3)c2-c2ccc(S(N)(=O)=O)cc2)c1. The number of hydrogen-bond donors (Lipinski definition) is 1. The molecule has 2 heterocycles. The van der Waals surface area contributed by atoms with Crippen LogP contribution in [0.2, 0.25) is 0 Å². The maximum absolute atomic E-state index is 14.0. The zero-order valence-corrected chi connectivity index (χ0v) is 17.7. The molecule has 0 bridgehead atoms. The van der Waals surface area contributed by atoms with Crippen LogP contribution in [-0.2, 0) is 16.2 Å². The van der Waals surface area contributed by atoms with E-state index in [1.54, 1.807) is 48.7 Å². The van der Waals surface area contributed by atoms with Crippen LogP contribution in [0.15, 0.2) is 70.9 Å². The summed E-state index contributed by atoms with van der Waals surface area (Å²) in [5, 5.41) is 10.9. The van der Waals surface area contributed by atoms with Gasteiger partial charge in [-0.05, 0) is 48.2 Å². The molecule has 2 aromatic carbocycles. The van der Waals surface area contributed by atoms with Gasteiger partial charge in [-0.3, -0.25) is 0 Å². The Kier molecular flexibility index (Phi) is 5.24. The number of thiophene rings is 1. The topological polar surface area (TPSA) is 78.0 Å². The number of primary sulfonamides is 1. The highest BCUT2D eigenvalue weighted by atomic mass is 32.2. The van der Waals surface area contributed by atoms with E-state index in [1.165, 1.54) is 40.3 Å². The van der Waals surface area contributed by atoms with Gasteiger partial charge >= 0.3 is 6.18 Å². The number of para-hydroxylation sites is 1. The highest BCUT2D eigenvalue weighted by Gasteiger charge is 2.40. The molecule has 0 saturated carbocycles. The highest BCUT2D eigenvalue weighted by molar-refractivity contribution is 7.89. The summed E-state index contributed by atoms with van der Waals surface area (Å²) in [6.45, 7) is 1.80. The van der Waals surface area contributed by atoms with Crippen LogP contribution in [-0.4, -0.2) is 18.2 Å². The second-order valence-corrected chi connectivity index (χ2v) is 9.35. The molecule has 0 atom stereocenters. The Morgan fingerprint density at radius 1 is 1.03 bits per heavy atom. The molecule has 0 amide bonds. The molecule has 0 aliphatic heterocycles. The molecule has 0 aliphatic rings. The standard InChI is InChI=1S/C21H16F3N3O2S2/c1-13-11-17(30-12-13)18-19(14-7-9-16(10-8-14)31(25,28)29)27(15-5-3-2-4-6-15)26-20(18)21(22,23)24/h2-12H,1H3,(H2,25,28,29). The lowest BCUT2D eigenvalue weighted by molar-refractivity contribution is -0.140. The van der Waals surface area contributed by atoms with Gasteiger partial charge in [-0.15, -0.1) is 11.3 Å². The van der Waals surface area contributed by atoms with E-state index in [-0.39, 0.29) is 16.2 Å². The van der Waals surface area contributed by atoms with Gasteiger partial charge in [-0.2, -0.15) is 18.3 Å². The summed E-state index contributed by atoms with van der Waals surface area (Å²) >= 11 is 1.19. The van der Waals surface area contributed by atoms with Gasteiger partial charge in [0.1, 0.15) is 0 Å². The predicted molar refractivity (Wildman–Crippen MR) is 113 cm³/mol. The van der Waals surface area contributed by atoms with Crippen molar-refractivity contribution in [2.45, 2.75) is 18.0 Å². The van der Waals surface area contributed by atoms with Crippen LogP contribution >= 0.6 is 11.3 Å². The Balaban J connectivity index is 2.07. The number of nitrogens with two attached hydrogens (primary N) is 1. The van der Waals surface area contributed by atoms with Gasteiger partial charge in [0.25, 0.3) is 0 Å². The van der Waals surface area contributed by atoms with Gasteiger partial charge in [0.05, 0.1) is 21.8 Å². The third kappa shape index (κ3) is 4.14. The van der Waals surface area contributed by atoms with Crippen LogP contribution in [0, 0.1) is 6.92 Å². The lowest BCUT2D eigenvalue weighted by Crippen LogP contribution is -2.11. The van der Waals surface area contributed by atoms with Crippen LogP contribution in [0.25, 0.3) is 27.4 Å². The quantitative estimate of drug-likeness (QED) is 0.449. The molecule has 10 heteroatoms. The minimum absolute atomic E-state index is 0.0576. The van der Waals surface area contributed by atoms with Crippen LogP contribution in [0.5, 0.6) is 0 Å². The predicted octanol–water partition coefficient (Wildman–Crippen LogP) is 5.24. The molecule has 160 valence electrons. The third-order valence-corrected chi connectivity index (χ3v) is 6.58. The molecule has 2 N–H and O–H groups in total. The Bertz CT molecular complexity index is 1340. The Labute approximate surface area is 180 Å². The summed E-state index contributed by atoms with van der Waals surface area (Å²) in [6, 6.07) is 15.5. The Morgan fingerprint density at radius 3 is 2.19 bits per heavy atom.